The van der Waals surface area contributed by atoms with Gasteiger partial charge in [0.2, 0.25) is 5.91 Å². The predicted molar refractivity (Wildman–Crippen MR) is 99.0 cm³/mol. The maximum atomic E-state index is 12.0. The first kappa shape index (κ1) is 18.3. The Morgan fingerprint density at radius 3 is 2.46 bits per heavy atom. The molecule has 1 fully saturated rings. The molecule has 2 unspecified atom stereocenters. The van der Waals surface area contributed by atoms with Gasteiger partial charge in [-0.1, -0.05) is 44.2 Å². The molecule has 132 valence electrons. The van der Waals surface area contributed by atoms with Crippen molar-refractivity contribution in [3.63, 3.8) is 0 Å². The molecule has 0 radical (unpaired) electrons. The molecular formula is C19H30N4O. The normalized spacial score (nSPS) is 21.5. The second kappa shape index (κ2) is 9.30. The first-order valence-electron chi connectivity index (χ1n) is 8.84. The van der Waals surface area contributed by atoms with Crippen LogP contribution >= 0.6 is 0 Å². The summed E-state index contributed by atoms with van der Waals surface area (Å²) in [6, 6.07) is 10.2. The first-order valence-corrected chi connectivity index (χ1v) is 8.84. The highest BCUT2D eigenvalue weighted by Gasteiger charge is 2.24. The van der Waals surface area contributed by atoms with Gasteiger partial charge in [0.25, 0.3) is 0 Å². The third-order valence-corrected chi connectivity index (χ3v) is 4.37. The van der Waals surface area contributed by atoms with Gasteiger partial charge in [-0.2, -0.15) is 0 Å². The number of likely N-dealkylation sites (tertiary alicyclic amines) is 1. The van der Waals surface area contributed by atoms with Gasteiger partial charge in [0, 0.05) is 26.7 Å². The zero-order valence-electron chi connectivity index (χ0n) is 15.1. The van der Waals surface area contributed by atoms with E-state index in [4.69, 9.17) is 0 Å². The average Bonchev–Trinajstić information content (AvgIpc) is 2.55. The second-order valence-corrected chi connectivity index (χ2v) is 6.84. The van der Waals surface area contributed by atoms with Crippen LogP contribution < -0.4 is 10.6 Å². The van der Waals surface area contributed by atoms with Crippen LogP contribution in [0.15, 0.2) is 35.3 Å². The highest BCUT2D eigenvalue weighted by Crippen LogP contribution is 2.20. The summed E-state index contributed by atoms with van der Waals surface area (Å²) in [7, 11) is 1.78. The van der Waals surface area contributed by atoms with Gasteiger partial charge in [-0.25, -0.2) is 0 Å². The van der Waals surface area contributed by atoms with Crippen LogP contribution in [0.3, 0.4) is 0 Å². The number of amides is 1. The number of rotatable bonds is 5. The van der Waals surface area contributed by atoms with Crippen LogP contribution in [0.2, 0.25) is 0 Å². The Morgan fingerprint density at radius 1 is 1.17 bits per heavy atom. The van der Waals surface area contributed by atoms with E-state index in [0.717, 1.165) is 25.5 Å². The van der Waals surface area contributed by atoms with Crippen LogP contribution in [0.4, 0.5) is 0 Å². The van der Waals surface area contributed by atoms with Crippen molar-refractivity contribution in [3.05, 3.63) is 35.9 Å². The number of hydrogen-bond acceptors (Lipinski definition) is 2. The lowest BCUT2D eigenvalue weighted by atomic mass is 9.92. The van der Waals surface area contributed by atoms with Crippen LogP contribution in [-0.2, 0) is 11.2 Å². The van der Waals surface area contributed by atoms with E-state index in [-0.39, 0.29) is 12.5 Å². The molecule has 24 heavy (non-hydrogen) atoms. The zero-order valence-corrected chi connectivity index (χ0v) is 15.1. The number of guanidine groups is 1. The van der Waals surface area contributed by atoms with Crippen molar-refractivity contribution in [2.75, 3.05) is 33.2 Å². The number of benzene rings is 1. The number of piperidine rings is 1. The monoisotopic (exact) mass is 330 g/mol. The van der Waals surface area contributed by atoms with Crippen LogP contribution in [0.1, 0.15) is 25.8 Å². The standard InChI is InChI=1S/C19H30N4O/c1-15-11-16(2)14-23(13-15)19(20-3)22-12-18(24)21-10-9-17-7-5-4-6-8-17/h4-8,15-16H,9-14H2,1-3H3,(H,20,22)(H,21,24). The van der Waals surface area contributed by atoms with Gasteiger partial charge in [-0.3, -0.25) is 9.79 Å². The van der Waals surface area contributed by atoms with Crippen LogP contribution in [-0.4, -0.2) is 50.0 Å². The molecule has 1 aliphatic heterocycles. The third kappa shape index (κ3) is 5.87. The Labute approximate surface area is 145 Å². The molecule has 2 N–H and O–H groups in total. The fourth-order valence-corrected chi connectivity index (χ4v) is 3.38. The lowest BCUT2D eigenvalue weighted by molar-refractivity contribution is -0.120. The molecule has 5 nitrogen and oxygen atoms in total. The van der Waals surface area contributed by atoms with Crippen LogP contribution in [0, 0.1) is 11.8 Å². The largest absolute Gasteiger partial charge is 0.354 e. The van der Waals surface area contributed by atoms with E-state index in [1.54, 1.807) is 7.05 Å². The van der Waals surface area contributed by atoms with Gasteiger partial charge >= 0.3 is 0 Å². The predicted octanol–water partition coefficient (Wildman–Crippen LogP) is 1.90. The number of nitrogens with one attached hydrogen (secondary N) is 2. The highest BCUT2D eigenvalue weighted by molar-refractivity contribution is 5.86. The van der Waals surface area contributed by atoms with E-state index in [0.29, 0.717) is 18.4 Å². The van der Waals surface area contributed by atoms with Crippen molar-refractivity contribution in [3.8, 4) is 0 Å². The molecule has 2 atom stereocenters. The van der Waals surface area contributed by atoms with Crippen molar-refractivity contribution in [1.82, 2.24) is 15.5 Å². The molecule has 0 spiro atoms. The molecule has 0 saturated carbocycles. The smallest absolute Gasteiger partial charge is 0.239 e. The molecule has 0 aliphatic carbocycles. The SMILES string of the molecule is CN=C(NCC(=O)NCCc1ccccc1)N1CC(C)CC(C)C1. The molecule has 0 aromatic heterocycles. The second-order valence-electron chi connectivity index (χ2n) is 6.84. The molecule has 0 bridgehead atoms. The molecule has 1 aliphatic rings. The fraction of sp³-hybridized carbons (Fsp3) is 0.579. The number of carbonyl (C=O) groups excluding carboxylic acids is 1. The summed E-state index contributed by atoms with van der Waals surface area (Å²) >= 11 is 0. The number of nitrogens with zero attached hydrogens (tertiary/aromatic N) is 2. The Morgan fingerprint density at radius 2 is 1.83 bits per heavy atom. The number of aliphatic imine (C=N–C) groups is 1. The number of hydrogen-bond donors (Lipinski definition) is 2. The van der Waals surface area contributed by atoms with E-state index in [1.807, 2.05) is 18.2 Å². The Hall–Kier alpha value is -2.04. The minimum atomic E-state index is 0.00480. The van der Waals surface area contributed by atoms with E-state index in [2.05, 4.69) is 46.5 Å². The van der Waals surface area contributed by atoms with Crippen molar-refractivity contribution < 1.29 is 4.79 Å². The lowest BCUT2D eigenvalue weighted by Gasteiger charge is -2.37. The van der Waals surface area contributed by atoms with Crippen molar-refractivity contribution in [2.24, 2.45) is 16.8 Å². The molecule has 5 heteroatoms. The van der Waals surface area contributed by atoms with E-state index >= 15 is 0 Å². The summed E-state index contributed by atoms with van der Waals surface area (Å²) in [5, 5.41) is 6.15. The number of carbonyl (C=O) groups is 1. The summed E-state index contributed by atoms with van der Waals surface area (Å²) in [5.74, 6) is 2.15. The summed E-state index contributed by atoms with van der Waals surface area (Å²) in [5.41, 5.74) is 1.23. The molecule has 1 aromatic rings. The molecule has 1 aromatic carbocycles. The molecule has 1 amide bonds. The van der Waals surface area contributed by atoms with Gasteiger partial charge in [-0.15, -0.1) is 0 Å². The van der Waals surface area contributed by atoms with Gasteiger partial charge in [0.1, 0.15) is 0 Å². The van der Waals surface area contributed by atoms with Crippen molar-refractivity contribution in [2.45, 2.75) is 26.7 Å². The van der Waals surface area contributed by atoms with E-state index in [1.165, 1.54) is 12.0 Å². The minimum Gasteiger partial charge on any atom is -0.354 e. The topological polar surface area (TPSA) is 56.7 Å². The average molecular weight is 330 g/mol. The summed E-state index contributed by atoms with van der Waals surface area (Å²) in [6.45, 7) is 7.46. The van der Waals surface area contributed by atoms with Gasteiger partial charge < -0.3 is 15.5 Å². The Kier molecular flexibility index (Phi) is 7.09. The van der Waals surface area contributed by atoms with Crippen LogP contribution in [0.25, 0.3) is 0 Å². The van der Waals surface area contributed by atoms with Crippen molar-refractivity contribution >= 4 is 11.9 Å². The first-order chi connectivity index (χ1) is 11.6. The Balaban J connectivity index is 1.71. The Bertz CT molecular complexity index is 534. The molecular weight excluding hydrogens is 300 g/mol. The summed E-state index contributed by atoms with van der Waals surface area (Å²) < 4.78 is 0. The third-order valence-electron chi connectivity index (χ3n) is 4.37. The fourth-order valence-electron chi connectivity index (χ4n) is 3.38. The van der Waals surface area contributed by atoms with Gasteiger partial charge in [0.05, 0.1) is 6.54 Å². The maximum absolute atomic E-state index is 12.0. The van der Waals surface area contributed by atoms with Gasteiger partial charge in [-0.05, 0) is 30.2 Å². The van der Waals surface area contributed by atoms with Gasteiger partial charge in [0.15, 0.2) is 5.96 Å². The van der Waals surface area contributed by atoms with E-state index in [9.17, 15) is 4.79 Å². The molecule has 1 heterocycles. The molecule has 1 saturated heterocycles. The maximum Gasteiger partial charge on any atom is 0.239 e. The molecule has 2 rings (SSSR count). The lowest BCUT2D eigenvalue weighted by Crippen LogP contribution is -2.50. The van der Waals surface area contributed by atoms with Crippen molar-refractivity contribution in [1.29, 1.82) is 0 Å². The summed E-state index contributed by atoms with van der Waals surface area (Å²) in [6.07, 6.45) is 2.11. The summed E-state index contributed by atoms with van der Waals surface area (Å²) in [4.78, 5) is 18.6. The van der Waals surface area contributed by atoms with Crippen LogP contribution in [0.5, 0.6) is 0 Å². The van der Waals surface area contributed by atoms with E-state index < -0.39 is 0 Å². The minimum absolute atomic E-state index is 0.00480. The highest BCUT2D eigenvalue weighted by atomic mass is 16.1. The zero-order chi connectivity index (χ0) is 17.4. The quantitative estimate of drug-likeness (QED) is 0.640.